The first-order valence-corrected chi connectivity index (χ1v) is 12.7. The number of hydrogen-bond acceptors (Lipinski definition) is 0. The normalized spacial score (nSPS) is 16.9. The van der Waals surface area contributed by atoms with E-state index in [1.807, 2.05) is 0 Å². The van der Waals surface area contributed by atoms with Crippen LogP contribution in [0.1, 0.15) is 84.9 Å². The zero-order valence-electron chi connectivity index (χ0n) is 21.4. The van der Waals surface area contributed by atoms with Crippen LogP contribution in [0.2, 0.25) is 0 Å². The predicted molar refractivity (Wildman–Crippen MR) is 150 cm³/mol. The molecule has 0 fully saturated rings. The Morgan fingerprint density at radius 2 is 1.56 bits per heavy atom. The molecule has 0 spiro atoms. The molecule has 0 amide bonds. The third-order valence-electron chi connectivity index (χ3n) is 7.35. The molecule has 0 saturated carbocycles. The van der Waals surface area contributed by atoms with Crippen LogP contribution in [0.4, 0.5) is 0 Å². The molecule has 5 rings (SSSR count). The molecule has 0 N–H and O–H groups in total. The smallest absolute Gasteiger partial charge is 0.00834 e. The third-order valence-corrected chi connectivity index (χ3v) is 7.35. The standard InChI is InChI=1S/C19H20.C15H18/c1-14(12-16-8-4-3-5-9-16)19-15(2)13-17-10-6-7-11-18(17)19;1-10(2)14-9-8-13-7-5-6-11(3)15(13)12(14)4/h3-11,13-14,19H,12H2,1-2H3;5,7-10H,3,6H2,1-2,4H3. The van der Waals surface area contributed by atoms with Gasteiger partial charge < -0.3 is 0 Å². The fourth-order valence-corrected chi connectivity index (χ4v) is 5.78. The lowest BCUT2D eigenvalue weighted by Gasteiger charge is -2.22. The Kier molecular flexibility index (Phi) is 7.37. The van der Waals surface area contributed by atoms with Gasteiger partial charge in [0, 0.05) is 5.92 Å². The lowest BCUT2D eigenvalue weighted by molar-refractivity contribution is 0.509. The van der Waals surface area contributed by atoms with E-state index in [4.69, 9.17) is 0 Å². The van der Waals surface area contributed by atoms with Crippen molar-refractivity contribution in [1.82, 2.24) is 0 Å². The summed E-state index contributed by atoms with van der Waals surface area (Å²) in [5.74, 6) is 1.81. The zero-order chi connectivity index (χ0) is 24.2. The highest BCUT2D eigenvalue weighted by Gasteiger charge is 2.27. The van der Waals surface area contributed by atoms with E-state index in [0.717, 1.165) is 12.8 Å². The van der Waals surface area contributed by atoms with Crippen molar-refractivity contribution >= 4 is 17.7 Å². The van der Waals surface area contributed by atoms with Crippen LogP contribution in [-0.2, 0) is 6.42 Å². The Labute approximate surface area is 206 Å². The van der Waals surface area contributed by atoms with Crippen molar-refractivity contribution in [2.24, 2.45) is 5.92 Å². The molecule has 2 aliphatic rings. The molecule has 3 aromatic rings. The largest absolute Gasteiger partial charge is 0.0949 e. The van der Waals surface area contributed by atoms with Crippen molar-refractivity contribution in [2.75, 3.05) is 0 Å². The minimum absolute atomic E-state index is 0.580. The van der Waals surface area contributed by atoms with Gasteiger partial charge in [-0.15, -0.1) is 0 Å². The van der Waals surface area contributed by atoms with Crippen LogP contribution in [-0.4, -0.2) is 0 Å². The monoisotopic (exact) mass is 446 g/mol. The van der Waals surface area contributed by atoms with E-state index < -0.39 is 0 Å². The van der Waals surface area contributed by atoms with Crippen LogP contribution in [0.3, 0.4) is 0 Å². The van der Waals surface area contributed by atoms with Crippen molar-refractivity contribution in [3.05, 3.63) is 124 Å². The average Bonchev–Trinajstić information content (AvgIpc) is 3.16. The van der Waals surface area contributed by atoms with E-state index in [0.29, 0.717) is 17.8 Å². The molecule has 34 heavy (non-hydrogen) atoms. The van der Waals surface area contributed by atoms with Gasteiger partial charge in [-0.1, -0.05) is 118 Å². The van der Waals surface area contributed by atoms with Gasteiger partial charge in [-0.2, -0.15) is 0 Å². The van der Waals surface area contributed by atoms with Crippen LogP contribution in [0.15, 0.2) is 85.0 Å². The zero-order valence-corrected chi connectivity index (χ0v) is 21.4. The van der Waals surface area contributed by atoms with Crippen molar-refractivity contribution < 1.29 is 0 Å². The summed E-state index contributed by atoms with van der Waals surface area (Å²) in [5, 5.41) is 0. The van der Waals surface area contributed by atoms with Crippen molar-refractivity contribution in [3.63, 3.8) is 0 Å². The maximum atomic E-state index is 4.17. The highest BCUT2D eigenvalue weighted by atomic mass is 14.3. The number of allylic oxidation sites excluding steroid dienone is 3. The van der Waals surface area contributed by atoms with E-state index in [9.17, 15) is 0 Å². The second-order valence-corrected chi connectivity index (χ2v) is 10.3. The first kappa shape index (κ1) is 24.0. The summed E-state index contributed by atoms with van der Waals surface area (Å²) in [6, 6.07) is 24.1. The van der Waals surface area contributed by atoms with Crippen LogP contribution < -0.4 is 0 Å². The van der Waals surface area contributed by atoms with Crippen molar-refractivity contribution in [2.45, 2.75) is 59.3 Å². The molecule has 174 valence electrons. The first-order valence-electron chi connectivity index (χ1n) is 12.7. The molecule has 3 aromatic carbocycles. The molecule has 0 heteroatoms. The Bertz CT molecular complexity index is 1220. The highest BCUT2D eigenvalue weighted by molar-refractivity contribution is 5.80. The topological polar surface area (TPSA) is 0 Å². The molecule has 2 atom stereocenters. The van der Waals surface area contributed by atoms with E-state index >= 15 is 0 Å². The van der Waals surface area contributed by atoms with Gasteiger partial charge in [0.2, 0.25) is 0 Å². The molecular formula is C34H38. The van der Waals surface area contributed by atoms with Crippen molar-refractivity contribution in [3.8, 4) is 0 Å². The SMILES string of the molecule is C=C1CC=Cc2ccc(C(C)C)c(C)c21.CC1=Cc2ccccc2C1C(C)Cc1ccccc1. The summed E-state index contributed by atoms with van der Waals surface area (Å²) >= 11 is 0. The molecule has 2 unspecified atom stereocenters. The summed E-state index contributed by atoms with van der Waals surface area (Å²) in [4.78, 5) is 0. The second kappa shape index (κ2) is 10.4. The van der Waals surface area contributed by atoms with Gasteiger partial charge in [-0.25, -0.2) is 0 Å². The highest BCUT2D eigenvalue weighted by Crippen LogP contribution is 2.41. The molecule has 0 aliphatic heterocycles. The van der Waals surface area contributed by atoms with E-state index in [-0.39, 0.29) is 0 Å². The molecule has 0 nitrogen and oxygen atoms in total. The second-order valence-electron chi connectivity index (χ2n) is 10.3. The Morgan fingerprint density at radius 1 is 0.853 bits per heavy atom. The summed E-state index contributed by atoms with van der Waals surface area (Å²) in [6.45, 7) is 15.5. The summed E-state index contributed by atoms with van der Waals surface area (Å²) in [6.07, 6.45) is 8.89. The molecule has 0 heterocycles. The van der Waals surface area contributed by atoms with Crippen LogP contribution in [0.25, 0.3) is 17.7 Å². The molecular weight excluding hydrogens is 408 g/mol. The number of rotatable bonds is 4. The maximum Gasteiger partial charge on any atom is 0.00834 e. The summed E-state index contributed by atoms with van der Waals surface area (Å²) in [7, 11) is 0. The Balaban J connectivity index is 0.000000166. The Morgan fingerprint density at radius 3 is 2.29 bits per heavy atom. The predicted octanol–water partition coefficient (Wildman–Crippen LogP) is 9.61. The van der Waals surface area contributed by atoms with Crippen molar-refractivity contribution in [1.29, 1.82) is 0 Å². The molecule has 2 aliphatic carbocycles. The number of fused-ring (bicyclic) bond motifs is 2. The third kappa shape index (κ3) is 5.02. The van der Waals surface area contributed by atoms with E-state index in [1.54, 1.807) is 0 Å². The first-order chi connectivity index (χ1) is 16.4. The number of benzene rings is 3. The average molecular weight is 447 g/mol. The van der Waals surface area contributed by atoms with Gasteiger partial charge in [0.05, 0.1) is 0 Å². The van der Waals surface area contributed by atoms with E-state index in [1.165, 1.54) is 50.1 Å². The minimum Gasteiger partial charge on any atom is -0.0949 e. The van der Waals surface area contributed by atoms with E-state index in [2.05, 4.69) is 126 Å². The number of hydrogen-bond donors (Lipinski definition) is 0. The van der Waals surface area contributed by atoms with Crippen LogP contribution >= 0.6 is 0 Å². The lowest BCUT2D eigenvalue weighted by atomic mass is 9.81. The Hall–Kier alpha value is -3.12. The van der Waals surface area contributed by atoms with Gasteiger partial charge in [-0.3, -0.25) is 0 Å². The fraction of sp³-hybridized carbons (Fsp3) is 0.294. The molecule has 0 saturated heterocycles. The minimum atomic E-state index is 0.580. The summed E-state index contributed by atoms with van der Waals surface area (Å²) in [5.41, 5.74) is 12.7. The molecule has 0 aromatic heterocycles. The van der Waals surface area contributed by atoms with Gasteiger partial charge in [0.15, 0.2) is 0 Å². The molecule has 0 radical (unpaired) electrons. The fourth-order valence-electron chi connectivity index (χ4n) is 5.78. The quantitative estimate of drug-likeness (QED) is 0.374. The summed E-state index contributed by atoms with van der Waals surface area (Å²) < 4.78 is 0. The van der Waals surface area contributed by atoms with Gasteiger partial charge >= 0.3 is 0 Å². The van der Waals surface area contributed by atoms with Gasteiger partial charge in [0.1, 0.15) is 0 Å². The maximum absolute atomic E-state index is 4.17. The van der Waals surface area contributed by atoms with Gasteiger partial charge in [0.25, 0.3) is 0 Å². The molecule has 0 bridgehead atoms. The van der Waals surface area contributed by atoms with Gasteiger partial charge in [-0.05, 0) is 83.0 Å². The van der Waals surface area contributed by atoms with Crippen LogP contribution in [0.5, 0.6) is 0 Å². The van der Waals surface area contributed by atoms with Crippen LogP contribution in [0, 0.1) is 12.8 Å². The lowest BCUT2D eigenvalue weighted by Crippen LogP contribution is -2.12.